The van der Waals surface area contributed by atoms with Crippen LogP contribution < -0.4 is 0 Å². The van der Waals surface area contributed by atoms with Crippen molar-refractivity contribution in [1.29, 1.82) is 0 Å². The summed E-state index contributed by atoms with van der Waals surface area (Å²) in [5.74, 6) is 1.65. The first-order valence-electron chi connectivity index (χ1n) is 6.02. The molecule has 0 saturated heterocycles. The lowest BCUT2D eigenvalue weighted by Gasteiger charge is -2.03. The van der Waals surface area contributed by atoms with Gasteiger partial charge in [0.05, 0.1) is 12.5 Å². The van der Waals surface area contributed by atoms with Gasteiger partial charge in [-0.3, -0.25) is 0 Å². The number of rotatable bonds is 4. The van der Waals surface area contributed by atoms with Gasteiger partial charge in [-0.15, -0.1) is 0 Å². The minimum Gasteiger partial charge on any atom is -0.392 e. The van der Waals surface area contributed by atoms with Crippen LogP contribution in [0, 0.1) is 12.8 Å². The molecule has 1 saturated carbocycles. The second-order valence-corrected chi connectivity index (χ2v) is 4.70. The molecule has 0 spiro atoms. The Bertz CT molecular complexity index is 533. The van der Waals surface area contributed by atoms with E-state index < -0.39 is 0 Å². The van der Waals surface area contributed by atoms with Crippen LogP contribution in [0.15, 0.2) is 16.9 Å². The van der Waals surface area contributed by atoms with Crippen LogP contribution in [0.25, 0.3) is 11.6 Å². The van der Waals surface area contributed by atoms with E-state index in [9.17, 15) is 5.11 Å². The summed E-state index contributed by atoms with van der Waals surface area (Å²) in [6.45, 7) is 1.91. The highest BCUT2D eigenvalue weighted by atomic mass is 16.5. The number of hydrogen-bond acceptors (Lipinski definition) is 6. The number of nitrogens with zero attached hydrogens (tertiary/aromatic N) is 4. The Morgan fingerprint density at radius 1 is 1.33 bits per heavy atom. The fourth-order valence-corrected chi connectivity index (χ4v) is 1.76. The van der Waals surface area contributed by atoms with Gasteiger partial charge in [0.25, 0.3) is 0 Å². The van der Waals surface area contributed by atoms with Gasteiger partial charge in [0.2, 0.25) is 17.5 Å². The van der Waals surface area contributed by atoms with Crippen LogP contribution in [0.3, 0.4) is 0 Å². The molecule has 0 aromatic carbocycles. The van der Waals surface area contributed by atoms with Gasteiger partial charge in [-0.05, 0) is 31.2 Å². The number of hydrogen-bond donors (Lipinski definition) is 1. The molecule has 1 unspecified atom stereocenters. The molecule has 2 aromatic rings. The molecule has 1 atom stereocenters. The van der Waals surface area contributed by atoms with Crippen molar-refractivity contribution in [2.24, 2.45) is 5.92 Å². The molecular weight excluding hydrogens is 232 g/mol. The molecule has 1 aliphatic carbocycles. The maximum Gasteiger partial charge on any atom is 0.240 e. The monoisotopic (exact) mass is 246 g/mol. The van der Waals surface area contributed by atoms with Gasteiger partial charge in [0.15, 0.2) is 0 Å². The highest BCUT2D eigenvalue weighted by molar-refractivity contribution is 5.40. The number of aliphatic hydroxyl groups excluding tert-OH is 1. The zero-order chi connectivity index (χ0) is 12.5. The summed E-state index contributed by atoms with van der Waals surface area (Å²) in [6.07, 6.45) is 5.61. The topological polar surface area (TPSA) is 84.9 Å². The standard InChI is InChI=1S/C12H14N4O2/c1-7-5-13-11(14-6-7)12-15-10(18-16-12)4-9(17)8-2-3-8/h5-6,8-9,17H,2-4H2,1H3. The SMILES string of the molecule is Cc1cnc(-c2noc(CC(O)C3CC3)n2)nc1. The predicted octanol–water partition coefficient (Wildman–Crippen LogP) is 1.15. The summed E-state index contributed by atoms with van der Waals surface area (Å²) in [6, 6.07) is 0. The minimum absolute atomic E-state index is 0.369. The lowest BCUT2D eigenvalue weighted by Crippen LogP contribution is -2.12. The minimum atomic E-state index is -0.378. The molecule has 0 aliphatic heterocycles. The lowest BCUT2D eigenvalue weighted by atomic mass is 10.2. The number of aliphatic hydroxyl groups is 1. The third-order valence-electron chi connectivity index (χ3n) is 3.00. The molecule has 3 rings (SSSR count). The second-order valence-electron chi connectivity index (χ2n) is 4.70. The molecule has 0 bridgehead atoms. The largest absolute Gasteiger partial charge is 0.392 e. The van der Waals surface area contributed by atoms with Crippen LogP contribution >= 0.6 is 0 Å². The molecule has 1 aliphatic rings. The van der Waals surface area contributed by atoms with Gasteiger partial charge < -0.3 is 9.63 Å². The highest BCUT2D eigenvalue weighted by Gasteiger charge is 2.31. The summed E-state index contributed by atoms with van der Waals surface area (Å²) >= 11 is 0. The van der Waals surface area contributed by atoms with E-state index in [0.717, 1.165) is 18.4 Å². The van der Waals surface area contributed by atoms with Crippen LogP contribution in [-0.2, 0) is 6.42 Å². The molecule has 1 N–H and O–H groups in total. The van der Waals surface area contributed by atoms with Gasteiger partial charge in [0.1, 0.15) is 0 Å². The Hall–Kier alpha value is -1.82. The smallest absolute Gasteiger partial charge is 0.240 e. The first-order valence-corrected chi connectivity index (χ1v) is 6.02. The van der Waals surface area contributed by atoms with Gasteiger partial charge in [0, 0.05) is 12.4 Å². The first-order chi connectivity index (χ1) is 8.72. The fraction of sp³-hybridized carbons (Fsp3) is 0.500. The first kappa shape index (κ1) is 11.3. The molecule has 6 nitrogen and oxygen atoms in total. The predicted molar refractivity (Wildman–Crippen MR) is 62.5 cm³/mol. The zero-order valence-electron chi connectivity index (χ0n) is 10.1. The van der Waals surface area contributed by atoms with Crippen molar-refractivity contribution < 1.29 is 9.63 Å². The molecule has 0 amide bonds. The van der Waals surface area contributed by atoms with E-state index in [-0.39, 0.29) is 6.10 Å². The fourth-order valence-electron chi connectivity index (χ4n) is 1.76. The molecule has 1 fully saturated rings. The van der Waals surface area contributed by atoms with E-state index in [4.69, 9.17) is 4.52 Å². The second kappa shape index (κ2) is 4.45. The van der Waals surface area contributed by atoms with Crippen molar-refractivity contribution in [1.82, 2.24) is 20.1 Å². The highest BCUT2D eigenvalue weighted by Crippen LogP contribution is 2.33. The van der Waals surface area contributed by atoms with E-state index >= 15 is 0 Å². The summed E-state index contributed by atoms with van der Waals surface area (Å²) in [5, 5.41) is 13.6. The molecule has 0 radical (unpaired) electrons. The van der Waals surface area contributed by atoms with E-state index in [1.54, 1.807) is 12.4 Å². The number of aryl methyl sites for hydroxylation is 1. The Morgan fingerprint density at radius 3 is 2.72 bits per heavy atom. The molecule has 6 heteroatoms. The third kappa shape index (κ3) is 2.38. The van der Waals surface area contributed by atoms with E-state index in [2.05, 4.69) is 20.1 Å². The van der Waals surface area contributed by atoms with Crippen LogP contribution in [-0.4, -0.2) is 31.3 Å². The lowest BCUT2D eigenvalue weighted by molar-refractivity contribution is 0.140. The summed E-state index contributed by atoms with van der Waals surface area (Å²) in [5.41, 5.74) is 0.978. The summed E-state index contributed by atoms with van der Waals surface area (Å²) in [4.78, 5) is 12.5. The van der Waals surface area contributed by atoms with E-state index in [1.165, 1.54) is 0 Å². The summed E-state index contributed by atoms with van der Waals surface area (Å²) < 4.78 is 5.10. The zero-order valence-corrected chi connectivity index (χ0v) is 10.1. The van der Waals surface area contributed by atoms with Crippen molar-refractivity contribution in [3.8, 4) is 11.6 Å². The Kier molecular flexibility index (Phi) is 2.79. The summed E-state index contributed by atoms with van der Waals surface area (Å²) in [7, 11) is 0. The quantitative estimate of drug-likeness (QED) is 0.871. The Morgan fingerprint density at radius 2 is 2.06 bits per heavy atom. The van der Waals surface area contributed by atoms with Crippen molar-refractivity contribution in [2.75, 3.05) is 0 Å². The third-order valence-corrected chi connectivity index (χ3v) is 3.00. The van der Waals surface area contributed by atoms with Crippen molar-refractivity contribution in [2.45, 2.75) is 32.3 Å². The van der Waals surface area contributed by atoms with Crippen LogP contribution in [0.5, 0.6) is 0 Å². The average Bonchev–Trinajstić information content (AvgIpc) is 3.12. The van der Waals surface area contributed by atoms with E-state index in [1.807, 2.05) is 6.92 Å². The van der Waals surface area contributed by atoms with Gasteiger partial charge in [-0.25, -0.2) is 9.97 Å². The maximum atomic E-state index is 9.80. The Balaban J connectivity index is 1.74. The molecule has 18 heavy (non-hydrogen) atoms. The molecule has 2 aromatic heterocycles. The average molecular weight is 246 g/mol. The van der Waals surface area contributed by atoms with Crippen molar-refractivity contribution >= 4 is 0 Å². The molecule has 94 valence electrons. The van der Waals surface area contributed by atoms with Gasteiger partial charge >= 0.3 is 0 Å². The Labute approximate surface area is 104 Å². The van der Waals surface area contributed by atoms with Crippen molar-refractivity contribution in [3.63, 3.8) is 0 Å². The maximum absolute atomic E-state index is 9.80. The van der Waals surface area contributed by atoms with Gasteiger partial charge in [-0.1, -0.05) is 5.16 Å². The van der Waals surface area contributed by atoms with Crippen molar-refractivity contribution in [3.05, 3.63) is 23.8 Å². The van der Waals surface area contributed by atoms with Crippen LogP contribution in [0.2, 0.25) is 0 Å². The molecule has 2 heterocycles. The molecular formula is C12H14N4O2. The number of aromatic nitrogens is 4. The van der Waals surface area contributed by atoms with Crippen LogP contribution in [0.1, 0.15) is 24.3 Å². The van der Waals surface area contributed by atoms with E-state index in [0.29, 0.717) is 29.9 Å². The normalized spacial score (nSPS) is 16.8. The van der Waals surface area contributed by atoms with Gasteiger partial charge in [-0.2, -0.15) is 4.98 Å². The van der Waals surface area contributed by atoms with Crippen LogP contribution in [0.4, 0.5) is 0 Å².